The lowest BCUT2D eigenvalue weighted by Crippen LogP contribution is -2.38. The van der Waals surface area contributed by atoms with Gasteiger partial charge < -0.3 is 10.4 Å². The van der Waals surface area contributed by atoms with Gasteiger partial charge in [0.1, 0.15) is 5.82 Å². The van der Waals surface area contributed by atoms with Crippen LogP contribution < -0.4 is 5.32 Å². The van der Waals surface area contributed by atoms with Gasteiger partial charge in [0.25, 0.3) is 0 Å². The summed E-state index contributed by atoms with van der Waals surface area (Å²) >= 11 is 1.38. The monoisotopic (exact) mass is 348 g/mol. The number of nitrogens with zero attached hydrogens (tertiary/aromatic N) is 1. The number of aliphatic hydroxyl groups is 1. The Hall–Kier alpha value is -1.92. The van der Waals surface area contributed by atoms with E-state index in [-0.39, 0.29) is 23.0 Å². The van der Waals surface area contributed by atoms with Gasteiger partial charge in [0.05, 0.1) is 16.4 Å². The molecule has 2 rings (SSSR count). The molecule has 3 unspecified atom stereocenters. The molecule has 1 aromatic heterocycles. The molecule has 2 N–H and O–H groups in total. The number of amides is 1. The van der Waals surface area contributed by atoms with E-state index >= 15 is 0 Å². The summed E-state index contributed by atoms with van der Waals surface area (Å²) in [6, 6.07) is 11.1. The Bertz CT molecular complexity index is 652. The largest absolute Gasteiger partial charge is 0.388 e. The molecule has 3 atom stereocenters. The predicted octanol–water partition coefficient (Wildman–Crippen LogP) is 3.33. The third kappa shape index (κ3) is 5.62. The first kappa shape index (κ1) is 18.4. The van der Waals surface area contributed by atoms with Gasteiger partial charge in [-0.05, 0) is 50.1 Å². The molecule has 1 amide bonds. The maximum absolute atomic E-state index is 12.9. The van der Waals surface area contributed by atoms with Crippen molar-refractivity contribution in [3.63, 3.8) is 0 Å². The second kappa shape index (κ2) is 8.80. The van der Waals surface area contributed by atoms with E-state index in [0.717, 1.165) is 5.03 Å². The van der Waals surface area contributed by atoms with Crippen molar-refractivity contribution in [1.29, 1.82) is 0 Å². The molecule has 1 aromatic carbocycles. The number of aromatic nitrogens is 1. The van der Waals surface area contributed by atoms with Gasteiger partial charge in [-0.25, -0.2) is 9.37 Å². The smallest absolute Gasteiger partial charge is 0.233 e. The maximum atomic E-state index is 12.9. The molecule has 2 aromatic rings. The lowest BCUT2D eigenvalue weighted by Gasteiger charge is -2.20. The molecule has 0 saturated heterocycles. The van der Waals surface area contributed by atoms with Crippen LogP contribution >= 0.6 is 11.8 Å². The third-order valence-corrected chi connectivity index (χ3v) is 4.58. The molecule has 0 saturated carbocycles. The fourth-order valence-corrected chi connectivity index (χ4v) is 3.04. The molecule has 4 nitrogen and oxygen atoms in total. The number of rotatable bonds is 7. The van der Waals surface area contributed by atoms with Gasteiger partial charge in [0.15, 0.2) is 0 Å². The molecule has 1 heterocycles. The van der Waals surface area contributed by atoms with Gasteiger partial charge in [0.2, 0.25) is 5.91 Å². The van der Waals surface area contributed by atoms with E-state index in [1.54, 1.807) is 18.3 Å². The fourth-order valence-electron chi connectivity index (χ4n) is 2.23. The number of halogens is 1. The number of carbonyl (C=O) groups is 1. The van der Waals surface area contributed by atoms with E-state index < -0.39 is 6.10 Å². The number of benzene rings is 1. The molecule has 0 aliphatic carbocycles. The van der Waals surface area contributed by atoms with E-state index in [4.69, 9.17) is 0 Å². The summed E-state index contributed by atoms with van der Waals surface area (Å²) in [4.78, 5) is 16.4. The van der Waals surface area contributed by atoms with E-state index in [2.05, 4.69) is 10.3 Å². The molecular formula is C18H21FN2O2S. The lowest BCUT2D eigenvalue weighted by atomic mass is 10.0. The van der Waals surface area contributed by atoms with Gasteiger partial charge in [-0.1, -0.05) is 30.0 Å². The van der Waals surface area contributed by atoms with Crippen LogP contribution in [0.3, 0.4) is 0 Å². The fraction of sp³-hybridized carbons (Fsp3) is 0.333. The zero-order valence-electron chi connectivity index (χ0n) is 13.6. The Morgan fingerprint density at radius 1 is 1.25 bits per heavy atom. The first-order valence-corrected chi connectivity index (χ1v) is 8.65. The summed E-state index contributed by atoms with van der Waals surface area (Å²) in [5, 5.41) is 13.6. The predicted molar refractivity (Wildman–Crippen MR) is 93.1 cm³/mol. The highest BCUT2D eigenvalue weighted by molar-refractivity contribution is 8.00. The minimum absolute atomic E-state index is 0.107. The van der Waals surface area contributed by atoms with Gasteiger partial charge >= 0.3 is 0 Å². The number of hydrogen-bond donors (Lipinski definition) is 2. The van der Waals surface area contributed by atoms with Gasteiger partial charge in [-0.3, -0.25) is 4.79 Å². The molecule has 0 bridgehead atoms. The molecule has 0 aliphatic heterocycles. The number of carbonyl (C=O) groups excluding carboxylic acids is 1. The minimum atomic E-state index is -0.750. The quantitative estimate of drug-likeness (QED) is 0.754. The zero-order valence-corrected chi connectivity index (χ0v) is 14.5. The molecule has 6 heteroatoms. The summed E-state index contributed by atoms with van der Waals surface area (Å²) in [7, 11) is 0. The van der Waals surface area contributed by atoms with Crippen LogP contribution in [0.25, 0.3) is 0 Å². The Labute approximate surface area is 145 Å². The van der Waals surface area contributed by atoms with Gasteiger partial charge in [-0.2, -0.15) is 0 Å². The van der Waals surface area contributed by atoms with Crippen molar-refractivity contribution in [2.45, 2.75) is 42.7 Å². The summed E-state index contributed by atoms with van der Waals surface area (Å²) in [6.45, 7) is 3.65. The molecule has 0 fully saturated rings. The van der Waals surface area contributed by atoms with Crippen LogP contribution in [0.1, 0.15) is 31.9 Å². The van der Waals surface area contributed by atoms with Gasteiger partial charge in [0, 0.05) is 12.2 Å². The van der Waals surface area contributed by atoms with E-state index in [0.29, 0.717) is 12.0 Å². The van der Waals surface area contributed by atoms with Crippen molar-refractivity contribution in [3.05, 3.63) is 60.0 Å². The van der Waals surface area contributed by atoms with Crippen LogP contribution in [-0.4, -0.2) is 27.3 Å². The molecule has 0 aliphatic rings. The van der Waals surface area contributed by atoms with Crippen LogP contribution in [0.5, 0.6) is 0 Å². The van der Waals surface area contributed by atoms with Crippen LogP contribution in [0, 0.1) is 5.82 Å². The molecule has 0 spiro atoms. The van der Waals surface area contributed by atoms with Gasteiger partial charge in [-0.15, -0.1) is 0 Å². The van der Waals surface area contributed by atoms with Crippen molar-refractivity contribution < 1.29 is 14.3 Å². The van der Waals surface area contributed by atoms with E-state index in [9.17, 15) is 14.3 Å². The highest BCUT2D eigenvalue weighted by Gasteiger charge is 2.19. The molecule has 0 radical (unpaired) electrons. The van der Waals surface area contributed by atoms with Crippen molar-refractivity contribution in [3.8, 4) is 0 Å². The molecule has 24 heavy (non-hydrogen) atoms. The maximum Gasteiger partial charge on any atom is 0.233 e. The summed E-state index contributed by atoms with van der Waals surface area (Å²) < 4.78 is 12.9. The normalized spacial score (nSPS) is 14.7. The third-order valence-electron chi connectivity index (χ3n) is 3.52. The van der Waals surface area contributed by atoms with Crippen LogP contribution in [0.15, 0.2) is 53.7 Å². The summed E-state index contributed by atoms with van der Waals surface area (Å²) in [5.74, 6) is -0.447. The van der Waals surface area contributed by atoms with Crippen LogP contribution in [0.2, 0.25) is 0 Å². The SMILES string of the molecule is CC(CC(O)c1ccc(F)cc1)NC(=O)C(C)Sc1ccccn1. The van der Waals surface area contributed by atoms with Crippen LogP contribution in [-0.2, 0) is 4.79 Å². The van der Waals surface area contributed by atoms with Crippen LogP contribution in [0.4, 0.5) is 4.39 Å². The Morgan fingerprint density at radius 3 is 2.58 bits per heavy atom. The second-order valence-corrected chi connectivity index (χ2v) is 7.00. The lowest BCUT2D eigenvalue weighted by molar-refractivity contribution is -0.121. The van der Waals surface area contributed by atoms with Crippen molar-refractivity contribution in [1.82, 2.24) is 10.3 Å². The Morgan fingerprint density at radius 2 is 1.96 bits per heavy atom. The number of nitrogens with one attached hydrogen (secondary N) is 1. The zero-order chi connectivity index (χ0) is 17.5. The molecule has 128 valence electrons. The molecular weight excluding hydrogens is 327 g/mol. The number of thioether (sulfide) groups is 1. The summed E-state index contributed by atoms with van der Waals surface area (Å²) in [5.41, 5.74) is 0.633. The summed E-state index contributed by atoms with van der Waals surface area (Å²) in [6.07, 6.45) is 1.30. The first-order valence-electron chi connectivity index (χ1n) is 7.77. The van der Waals surface area contributed by atoms with Crippen molar-refractivity contribution in [2.24, 2.45) is 0 Å². The van der Waals surface area contributed by atoms with E-state index in [1.165, 1.54) is 23.9 Å². The van der Waals surface area contributed by atoms with Crippen molar-refractivity contribution in [2.75, 3.05) is 0 Å². The second-order valence-electron chi connectivity index (χ2n) is 5.64. The standard InChI is InChI=1S/C18H21FN2O2S/c1-12(11-16(22)14-6-8-15(19)9-7-14)21-18(23)13(2)24-17-5-3-4-10-20-17/h3-10,12-13,16,22H,11H2,1-2H3,(H,21,23). The highest BCUT2D eigenvalue weighted by atomic mass is 32.2. The minimum Gasteiger partial charge on any atom is -0.388 e. The Kier molecular flexibility index (Phi) is 6.75. The average Bonchev–Trinajstić information content (AvgIpc) is 2.56. The Balaban J connectivity index is 1.83. The number of aliphatic hydroxyl groups excluding tert-OH is 1. The number of hydrogen-bond acceptors (Lipinski definition) is 4. The van der Waals surface area contributed by atoms with E-state index in [1.807, 2.05) is 32.0 Å². The topological polar surface area (TPSA) is 62.2 Å². The number of pyridine rings is 1. The first-order chi connectivity index (χ1) is 11.5. The van der Waals surface area contributed by atoms with Crippen molar-refractivity contribution >= 4 is 17.7 Å². The highest BCUT2D eigenvalue weighted by Crippen LogP contribution is 2.22. The average molecular weight is 348 g/mol.